The number of unbranched alkanes of at least 4 members (excludes halogenated alkanes) is 4. The van der Waals surface area contributed by atoms with Crippen molar-refractivity contribution in [3.63, 3.8) is 0 Å². The average molecular weight is 363 g/mol. The van der Waals surface area contributed by atoms with Gasteiger partial charge in [-0.2, -0.15) is 0 Å². The molecule has 1 saturated heterocycles. The molecule has 0 aromatic rings. The van der Waals surface area contributed by atoms with Crippen molar-refractivity contribution in [3.05, 3.63) is 0 Å². The van der Waals surface area contributed by atoms with Crippen molar-refractivity contribution in [2.75, 3.05) is 19.8 Å². The van der Waals surface area contributed by atoms with Gasteiger partial charge in [-0.25, -0.2) is 0 Å². The fourth-order valence-corrected chi connectivity index (χ4v) is 2.66. The Hall–Kier alpha value is -0.770. The maximum Gasteiger partial charge on any atom is 0.219 e. The third kappa shape index (κ3) is 7.98. The number of nitrogens with one attached hydrogen (secondary N) is 1. The average Bonchev–Trinajstić information content (AvgIpc) is 2.61. The van der Waals surface area contributed by atoms with E-state index >= 15 is 0 Å². The number of hydrogen-bond acceptors (Lipinski definition) is 7. The Balaban J connectivity index is 2.11. The Bertz CT molecular complexity index is 367. The first-order chi connectivity index (χ1) is 12.0. The molecule has 0 aromatic heterocycles. The topological polar surface area (TPSA) is 128 Å². The zero-order valence-corrected chi connectivity index (χ0v) is 15.0. The molecule has 0 radical (unpaired) electrons. The molecule has 0 spiro atoms. The van der Waals surface area contributed by atoms with Gasteiger partial charge in [0.05, 0.1) is 6.61 Å². The molecule has 1 aliphatic heterocycles. The first-order valence-electron chi connectivity index (χ1n) is 9.20. The van der Waals surface area contributed by atoms with Crippen LogP contribution in [0.15, 0.2) is 0 Å². The summed E-state index contributed by atoms with van der Waals surface area (Å²) in [6, 6.07) is 0. The number of ether oxygens (including phenoxy) is 2. The molecule has 1 heterocycles. The molecule has 1 rings (SSSR count). The van der Waals surface area contributed by atoms with Gasteiger partial charge in [0, 0.05) is 19.6 Å². The maximum absolute atomic E-state index is 11.6. The van der Waals surface area contributed by atoms with E-state index < -0.39 is 37.3 Å². The highest BCUT2D eigenvalue weighted by atomic mass is 16.7. The van der Waals surface area contributed by atoms with Crippen LogP contribution in [-0.4, -0.2) is 76.8 Å². The van der Waals surface area contributed by atoms with E-state index in [1.165, 1.54) is 12.8 Å². The summed E-state index contributed by atoms with van der Waals surface area (Å²) in [6.45, 7) is 2.61. The second-order valence-electron chi connectivity index (χ2n) is 6.44. The molecule has 1 fully saturated rings. The van der Waals surface area contributed by atoms with E-state index in [2.05, 4.69) is 12.2 Å². The van der Waals surface area contributed by atoms with Crippen LogP contribution in [0.2, 0.25) is 0 Å². The van der Waals surface area contributed by atoms with E-state index in [4.69, 9.17) is 14.6 Å². The summed E-state index contributed by atoms with van der Waals surface area (Å²) >= 11 is 0. The number of carbonyl (C=O) groups is 1. The third-order valence-corrected chi connectivity index (χ3v) is 4.28. The van der Waals surface area contributed by atoms with Gasteiger partial charge < -0.3 is 35.2 Å². The Morgan fingerprint density at radius 3 is 2.48 bits per heavy atom. The van der Waals surface area contributed by atoms with Gasteiger partial charge in [-0.3, -0.25) is 4.79 Å². The van der Waals surface area contributed by atoms with Crippen LogP contribution in [0.3, 0.4) is 0 Å². The molecule has 148 valence electrons. The molecule has 0 aliphatic carbocycles. The Labute approximate surface area is 149 Å². The van der Waals surface area contributed by atoms with Gasteiger partial charge in [0.1, 0.15) is 24.4 Å². The summed E-state index contributed by atoms with van der Waals surface area (Å²) in [5.41, 5.74) is 0. The first-order valence-corrected chi connectivity index (χ1v) is 9.20. The van der Waals surface area contributed by atoms with Crippen LogP contribution in [-0.2, 0) is 14.3 Å². The van der Waals surface area contributed by atoms with Crippen LogP contribution >= 0.6 is 0 Å². The predicted octanol–water partition coefficient (Wildman–Crippen LogP) is -0.330. The highest BCUT2D eigenvalue weighted by Crippen LogP contribution is 2.22. The quantitative estimate of drug-likeness (QED) is 0.300. The smallest absolute Gasteiger partial charge is 0.219 e. The Morgan fingerprint density at radius 2 is 1.80 bits per heavy atom. The monoisotopic (exact) mass is 363 g/mol. The summed E-state index contributed by atoms with van der Waals surface area (Å²) in [5, 5.41) is 41.1. The van der Waals surface area contributed by atoms with Gasteiger partial charge >= 0.3 is 0 Å². The van der Waals surface area contributed by atoms with Gasteiger partial charge in [0.15, 0.2) is 6.29 Å². The second-order valence-corrected chi connectivity index (χ2v) is 6.44. The van der Waals surface area contributed by atoms with Crippen molar-refractivity contribution in [3.8, 4) is 0 Å². The summed E-state index contributed by atoms with van der Waals surface area (Å²) in [6.07, 6.45) is -0.163. The van der Waals surface area contributed by atoms with E-state index in [-0.39, 0.29) is 12.5 Å². The van der Waals surface area contributed by atoms with Gasteiger partial charge in [-0.15, -0.1) is 0 Å². The Morgan fingerprint density at radius 1 is 1.04 bits per heavy atom. The lowest BCUT2D eigenvalue weighted by molar-refractivity contribution is -0.301. The zero-order chi connectivity index (χ0) is 18.7. The number of hydrogen-bond donors (Lipinski definition) is 5. The molecule has 0 aromatic carbocycles. The lowest BCUT2D eigenvalue weighted by atomic mass is 9.99. The minimum absolute atomic E-state index is 0.0179. The molecule has 0 saturated carbocycles. The second kappa shape index (κ2) is 12.6. The van der Waals surface area contributed by atoms with E-state index in [1.54, 1.807) is 0 Å². The molecular weight excluding hydrogens is 330 g/mol. The molecule has 5 atom stereocenters. The highest BCUT2D eigenvalue weighted by Gasteiger charge is 2.43. The van der Waals surface area contributed by atoms with Crippen LogP contribution in [0.5, 0.6) is 0 Å². The third-order valence-electron chi connectivity index (χ3n) is 4.28. The number of amides is 1. The van der Waals surface area contributed by atoms with Crippen molar-refractivity contribution in [2.45, 2.75) is 82.6 Å². The Kier molecular flexibility index (Phi) is 11.2. The van der Waals surface area contributed by atoms with Crippen molar-refractivity contribution < 1.29 is 34.7 Å². The summed E-state index contributed by atoms with van der Waals surface area (Å²) in [4.78, 5) is 11.6. The zero-order valence-electron chi connectivity index (χ0n) is 15.0. The minimum Gasteiger partial charge on any atom is -0.394 e. The van der Waals surface area contributed by atoms with E-state index in [0.29, 0.717) is 25.8 Å². The van der Waals surface area contributed by atoms with Gasteiger partial charge in [0.25, 0.3) is 0 Å². The molecule has 8 heteroatoms. The van der Waals surface area contributed by atoms with Crippen molar-refractivity contribution in [1.82, 2.24) is 5.32 Å². The number of carbonyl (C=O) groups excluding carboxylic acids is 1. The van der Waals surface area contributed by atoms with E-state index in [0.717, 1.165) is 12.8 Å². The van der Waals surface area contributed by atoms with Crippen LogP contribution in [0.4, 0.5) is 0 Å². The van der Waals surface area contributed by atoms with Crippen molar-refractivity contribution in [2.24, 2.45) is 0 Å². The SMILES string of the molecule is CCCCCCNC(=O)CCCCOC1OC(CO)C(O)C(O)C1O. The van der Waals surface area contributed by atoms with Crippen molar-refractivity contribution >= 4 is 5.91 Å². The molecule has 1 aliphatic rings. The van der Waals surface area contributed by atoms with Crippen LogP contribution in [0.25, 0.3) is 0 Å². The largest absolute Gasteiger partial charge is 0.394 e. The van der Waals surface area contributed by atoms with Gasteiger partial charge in [-0.05, 0) is 19.3 Å². The molecular formula is C17H33NO7. The predicted molar refractivity (Wildman–Crippen MR) is 90.7 cm³/mol. The fraction of sp³-hybridized carbons (Fsp3) is 0.941. The molecule has 5 N–H and O–H groups in total. The lowest BCUT2D eigenvalue weighted by Crippen LogP contribution is -2.59. The molecule has 25 heavy (non-hydrogen) atoms. The molecule has 8 nitrogen and oxygen atoms in total. The summed E-state index contributed by atoms with van der Waals surface area (Å²) < 4.78 is 10.6. The van der Waals surface area contributed by atoms with Crippen LogP contribution < -0.4 is 5.32 Å². The maximum atomic E-state index is 11.6. The molecule has 1 amide bonds. The lowest BCUT2D eigenvalue weighted by Gasteiger charge is -2.39. The van der Waals surface area contributed by atoms with Gasteiger partial charge in [-0.1, -0.05) is 26.2 Å². The van der Waals surface area contributed by atoms with Crippen molar-refractivity contribution in [1.29, 1.82) is 0 Å². The highest BCUT2D eigenvalue weighted by molar-refractivity contribution is 5.75. The van der Waals surface area contributed by atoms with Crippen LogP contribution in [0.1, 0.15) is 51.9 Å². The molecule has 5 unspecified atom stereocenters. The van der Waals surface area contributed by atoms with Crippen LogP contribution in [0, 0.1) is 0 Å². The number of rotatable bonds is 12. The summed E-state index contributed by atoms with van der Waals surface area (Å²) in [7, 11) is 0. The van der Waals surface area contributed by atoms with E-state index in [9.17, 15) is 20.1 Å². The summed E-state index contributed by atoms with van der Waals surface area (Å²) in [5.74, 6) is 0.0179. The number of aliphatic hydroxyl groups excluding tert-OH is 4. The van der Waals surface area contributed by atoms with E-state index in [1.807, 2.05) is 0 Å². The number of aliphatic hydroxyl groups is 4. The standard InChI is InChI=1S/C17H33NO7/c1-2-3-4-6-9-18-13(20)8-5-7-10-24-17-16(23)15(22)14(21)12(11-19)25-17/h12,14-17,19,21-23H,2-11H2,1H3,(H,18,20). The fourth-order valence-electron chi connectivity index (χ4n) is 2.66. The first kappa shape index (κ1) is 22.3. The van der Waals surface area contributed by atoms with Gasteiger partial charge in [0.2, 0.25) is 5.91 Å². The normalized spacial score (nSPS) is 29.6. The minimum atomic E-state index is -1.44. The molecule has 0 bridgehead atoms.